The van der Waals surface area contributed by atoms with E-state index in [-0.39, 0.29) is 23.9 Å². The molecular weight excluding hydrogens is 402 g/mol. The van der Waals surface area contributed by atoms with Crippen LogP contribution < -0.4 is 15.4 Å². The molecule has 2 amide bonds. The first-order chi connectivity index (χ1) is 15.6. The predicted molar refractivity (Wildman–Crippen MR) is 126 cm³/mol. The van der Waals surface area contributed by atoms with Gasteiger partial charge in [-0.05, 0) is 69.0 Å². The quantitative estimate of drug-likeness (QED) is 0.639. The second-order valence-electron chi connectivity index (χ2n) is 8.68. The zero-order valence-electron chi connectivity index (χ0n) is 18.8. The summed E-state index contributed by atoms with van der Waals surface area (Å²) < 4.78 is 5.54. The summed E-state index contributed by atoms with van der Waals surface area (Å²) in [6, 6.07) is 15.9. The van der Waals surface area contributed by atoms with E-state index in [1.807, 2.05) is 31.2 Å². The highest BCUT2D eigenvalue weighted by molar-refractivity contribution is 6.04. The van der Waals surface area contributed by atoms with Gasteiger partial charge in [0.05, 0.1) is 24.4 Å². The van der Waals surface area contributed by atoms with Crippen molar-refractivity contribution >= 4 is 17.5 Å². The van der Waals surface area contributed by atoms with E-state index >= 15 is 0 Å². The molecule has 32 heavy (non-hydrogen) atoms. The summed E-state index contributed by atoms with van der Waals surface area (Å²) in [5.41, 5.74) is 2.30. The molecular formula is C26H33N3O3. The number of nitrogens with zero attached hydrogens (tertiary/aromatic N) is 1. The molecule has 1 saturated carbocycles. The molecule has 2 N–H and O–H groups in total. The van der Waals surface area contributed by atoms with Crippen LogP contribution in [0.15, 0.2) is 48.5 Å². The van der Waals surface area contributed by atoms with E-state index in [1.54, 1.807) is 12.1 Å². The first-order valence-electron chi connectivity index (χ1n) is 11.8. The Morgan fingerprint density at radius 1 is 1.00 bits per heavy atom. The Bertz CT molecular complexity index is 922. The lowest BCUT2D eigenvalue weighted by Gasteiger charge is -2.24. The highest BCUT2D eigenvalue weighted by Crippen LogP contribution is 2.32. The fraction of sp³-hybridized carbons (Fsp3) is 0.462. The maximum Gasteiger partial charge on any atom is 0.253 e. The van der Waals surface area contributed by atoms with Crippen LogP contribution in [0.25, 0.3) is 0 Å². The Labute approximate surface area is 190 Å². The summed E-state index contributed by atoms with van der Waals surface area (Å²) in [6.45, 7) is 3.81. The Morgan fingerprint density at radius 3 is 2.50 bits per heavy atom. The summed E-state index contributed by atoms with van der Waals surface area (Å²) in [7, 11) is 0. The van der Waals surface area contributed by atoms with Crippen LogP contribution in [-0.2, 0) is 4.79 Å². The Morgan fingerprint density at radius 2 is 1.75 bits per heavy atom. The molecule has 6 nitrogen and oxygen atoms in total. The third kappa shape index (κ3) is 5.49. The van der Waals surface area contributed by atoms with Crippen molar-refractivity contribution in [3.05, 3.63) is 59.7 Å². The van der Waals surface area contributed by atoms with Gasteiger partial charge in [0.1, 0.15) is 5.75 Å². The van der Waals surface area contributed by atoms with Crippen LogP contribution in [0.2, 0.25) is 0 Å². The van der Waals surface area contributed by atoms with Crippen LogP contribution in [0, 0.1) is 0 Å². The Kier molecular flexibility index (Phi) is 7.43. The number of likely N-dealkylation sites (tertiary alicyclic amines) is 1. The minimum absolute atomic E-state index is 0.0936. The molecule has 1 unspecified atom stereocenters. The molecule has 0 bridgehead atoms. The molecule has 4 rings (SSSR count). The number of carbonyl (C=O) groups excluding carboxylic acids is 2. The molecule has 2 fully saturated rings. The molecule has 0 radical (unpaired) electrons. The second-order valence-corrected chi connectivity index (χ2v) is 8.68. The van der Waals surface area contributed by atoms with Crippen molar-refractivity contribution in [1.29, 1.82) is 0 Å². The number of ether oxygens (including phenoxy) is 1. The Balaban J connectivity index is 1.38. The van der Waals surface area contributed by atoms with E-state index in [0.717, 1.165) is 50.8 Å². The van der Waals surface area contributed by atoms with Crippen LogP contribution in [0.1, 0.15) is 67.4 Å². The van der Waals surface area contributed by atoms with E-state index in [4.69, 9.17) is 4.74 Å². The molecule has 0 spiro atoms. The van der Waals surface area contributed by atoms with Crippen LogP contribution in [0.3, 0.4) is 0 Å². The lowest BCUT2D eigenvalue weighted by atomic mass is 10.0. The van der Waals surface area contributed by atoms with Crippen molar-refractivity contribution in [3.8, 4) is 5.75 Å². The molecule has 1 saturated heterocycles. The monoisotopic (exact) mass is 435 g/mol. The van der Waals surface area contributed by atoms with Crippen molar-refractivity contribution in [1.82, 2.24) is 10.2 Å². The average molecular weight is 436 g/mol. The lowest BCUT2D eigenvalue weighted by Crippen LogP contribution is -2.35. The fourth-order valence-corrected chi connectivity index (χ4v) is 4.84. The fourth-order valence-electron chi connectivity index (χ4n) is 4.84. The number of anilines is 1. The van der Waals surface area contributed by atoms with Crippen LogP contribution in [0.4, 0.5) is 5.69 Å². The normalized spacial score (nSPS) is 19.1. The SMILES string of the molecule is CCOc1ccc(C2CCCN2CC(=O)Nc2ccccc2C(=O)NC2CCCC2)cc1. The minimum Gasteiger partial charge on any atom is -0.494 e. The molecule has 1 aliphatic carbocycles. The molecule has 1 heterocycles. The number of carbonyl (C=O) groups is 2. The molecule has 2 aliphatic rings. The van der Waals surface area contributed by atoms with Crippen molar-refractivity contribution in [2.45, 2.75) is 57.5 Å². The van der Waals surface area contributed by atoms with Crippen LogP contribution >= 0.6 is 0 Å². The van der Waals surface area contributed by atoms with Gasteiger partial charge in [-0.1, -0.05) is 37.1 Å². The molecule has 0 aromatic heterocycles. The van der Waals surface area contributed by atoms with Gasteiger partial charge in [-0.2, -0.15) is 0 Å². The third-order valence-electron chi connectivity index (χ3n) is 6.42. The van der Waals surface area contributed by atoms with Gasteiger partial charge in [0.15, 0.2) is 0 Å². The zero-order valence-corrected chi connectivity index (χ0v) is 18.8. The molecule has 170 valence electrons. The average Bonchev–Trinajstić information content (AvgIpc) is 3.47. The smallest absolute Gasteiger partial charge is 0.253 e. The number of hydrogen-bond acceptors (Lipinski definition) is 4. The van der Waals surface area contributed by atoms with Gasteiger partial charge in [-0.25, -0.2) is 0 Å². The van der Waals surface area contributed by atoms with Gasteiger partial charge in [-0.15, -0.1) is 0 Å². The lowest BCUT2D eigenvalue weighted by molar-refractivity contribution is -0.117. The van der Waals surface area contributed by atoms with Gasteiger partial charge < -0.3 is 15.4 Å². The van der Waals surface area contributed by atoms with E-state index in [0.29, 0.717) is 24.4 Å². The van der Waals surface area contributed by atoms with Gasteiger partial charge in [0.25, 0.3) is 5.91 Å². The van der Waals surface area contributed by atoms with Crippen molar-refractivity contribution in [2.75, 3.05) is 25.0 Å². The predicted octanol–water partition coefficient (Wildman–Crippen LogP) is 4.53. The maximum absolute atomic E-state index is 12.9. The van der Waals surface area contributed by atoms with Crippen molar-refractivity contribution in [3.63, 3.8) is 0 Å². The topological polar surface area (TPSA) is 70.7 Å². The van der Waals surface area contributed by atoms with Crippen molar-refractivity contribution in [2.24, 2.45) is 0 Å². The number of para-hydroxylation sites is 1. The molecule has 6 heteroatoms. The maximum atomic E-state index is 12.9. The summed E-state index contributed by atoms with van der Waals surface area (Å²) in [5.74, 6) is 0.663. The number of rotatable bonds is 8. The highest BCUT2D eigenvalue weighted by atomic mass is 16.5. The number of amides is 2. The molecule has 1 atom stereocenters. The van der Waals surface area contributed by atoms with E-state index < -0.39 is 0 Å². The van der Waals surface area contributed by atoms with Gasteiger partial charge >= 0.3 is 0 Å². The zero-order chi connectivity index (χ0) is 22.3. The molecule has 2 aromatic rings. The summed E-state index contributed by atoms with van der Waals surface area (Å²) in [6.07, 6.45) is 6.47. The van der Waals surface area contributed by atoms with Gasteiger partial charge in [-0.3, -0.25) is 14.5 Å². The summed E-state index contributed by atoms with van der Waals surface area (Å²) >= 11 is 0. The summed E-state index contributed by atoms with van der Waals surface area (Å²) in [4.78, 5) is 27.9. The van der Waals surface area contributed by atoms with Gasteiger partial charge in [0.2, 0.25) is 5.91 Å². The molecule has 2 aromatic carbocycles. The largest absolute Gasteiger partial charge is 0.494 e. The van der Waals surface area contributed by atoms with E-state index in [9.17, 15) is 9.59 Å². The second kappa shape index (κ2) is 10.6. The Hall–Kier alpha value is -2.86. The number of benzene rings is 2. The first-order valence-corrected chi connectivity index (χ1v) is 11.8. The van der Waals surface area contributed by atoms with Crippen LogP contribution in [0.5, 0.6) is 5.75 Å². The molecule has 1 aliphatic heterocycles. The summed E-state index contributed by atoms with van der Waals surface area (Å²) in [5, 5.41) is 6.09. The standard InChI is InChI=1S/C26H33N3O3/c1-2-32-21-15-13-19(14-16-21)24-12-7-17-29(24)18-25(30)28-23-11-6-5-10-22(23)26(31)27-20-8-3-4-9-20/h5-6,10-11,13-16,20,24H,2-4,7-9,12,17-18H2,1H3,(H,27,31)(H,28,30). The third-order valence-corrected chi connectivity index (χ3v) is 6.42. The van der Waals surface area contributed by atoms with Crippen LogP contribution in [-0.4, -0.2) is 42.5 Å². The van der Waals surface area contributed by atoms with Gasteiger partial charge in [0, 0.05) is 12.1 Å². The van der Waals surface area contributed by atoms with E-state index in [1.165, 1.54) is 5.56 Å². The van der Waals surface area contributed by atoms with E-state index in [2.05, 4.69) is 27.7 Å². The minimum atomic E-state index is -0.110. The first kappa shape index (κ1) is 22.3. The van der Waals surface area contributed by atoms with Crippen molar-refractivity contribution < 1.29 is 14.3 Å². The highest BCUT2D eigenvalue weighted by Gasteiger charge is 2.28. The number of nitrogens with one attached hydrogen (secondary N) is 2. The number of hydrogen-bond donors (Lipinski definition) is 2.